The maximum atomic E-state index is 13.4. The number of amides is 1. The first kappa shape index (κ1) is 13.5. The highest BCUT2D eigenvalue weighted by Gasteiger charge is 2.35. The van der Waals surface area contributed by atoms with E-state index in [9.17, 15) is 14.0 Å². The van der Waals surface area contributed by atoms with Gasteiger partial charge in [-0.1, -0.05) is 12.8 Å². The quantitative estimate of drug-likeness (QED) is 0.877. The minimum absolute atomic E-state index is 0.0368. The van der Waals surface area contributed by atoms with Crippen molar-refractivity contribution in [2.24, 2.45) is 11.8 Å². The van der Waals surface area contributed by atoms with Gasteiger partial charge in [0.05, 0.1) is 23.7 Å². The molecule has 1 fully saturated rings. The fourth-order valence-corrected chi connectivity index (χ4v) is 2.44. The van der Waals surface area contributed by atoms with Crippen LogP contribution < -0.4 is 5.32 Å². The molecule has 0 saturated heterocycles. The summed E-state index contributed by atoms with van der Waals surface area (Å²) in [5, 5.41) is 11.6. The van der Waals surface area contributed by atoms with E-state index in [0.29, 0.717) is 12.8 Å². The van der Waals surface area contributed by atoms with Gasteiger partial charge in [0, 0.05) is 6.20 Å². The maximum Gasteiger partial charge on any atom is 0.307 e. The lowest BCUT2D eigenvalue weighted by Crippen LogP contribution is -2.36. The number of hydrogen-bond donors (Lipinski definition) is 2. The molecule has 19 heavy (non-hydrogen) atoms. The van der Waals surface area contributed by atoms with E-state index < -0.39 is 29.5 Å². The van der Waals surface area contributed by atoms with E-state index in [0.717, 1.165) is 19.0 Å². The second-order valence-electron chi connectivity index (χ2n) is 4.68. The van der Waals surface area contributed by atoms with E-state index >= 15 is 0 Å². The Morgan fingerprint density at radius 3 is 2.63 bits per heavy atom. The zero-order valence-electron chi connectivity index (χ0n) is 10.3. The van der Waals surface area contributed by atoms with Crippen molar-refractivity contribution >= 4 is 17.6 Å². The number of pyridine rings is 1. The highest BCUT2D eigenvalue weighted by atomic mass is 19.1. The van der Waals surface area contributed by atoms with Crippen molar-refractivity contribution in [1.82, 2.24) is 4.98 Å². The Morgan fingerprint density at radius 1 is 1.32 bits per heavy atom. The van der Waals surface area contributed by atoms with Gasteiger partial charge in [0.25, 0.3) is 0 Å². The average molecular weight is 266 g/mol. The molecule has 2 N–H and O–H groups in total. The van der Waals surface area contributed by atoms with E-state index in [1.807, 2.05) is 0 Å². The lowest BCUT2D eigenvalue weighted by molar-refractivity contribution is -0.147. The molecule has 0 radical (unpaired) electrons. The molecule has 2 rings (SSSR count). The second-order valence-corrected chi connectivity index (χ2v) is 4.68. The van der Waals surface area contributed by atoms with Crippen LogP contribution in [0.15, 0.2) is 18.5 Å². The van der Waals surface area contributed by atoms with Gasteiger partial charge in [0.2, 0.25) is 5.91 Å². The third kappa shape index (κ3) is 3.07. The van der Waals surface area contributed by atoms with Crippen molar-refractivity contribution in [3.05, 3.63) is 24.3 Å². The van der Waals surface area contributed by atoms with Gasteiger partial charge >= 0.3 is 5.97 Å². The number of rotatable bonds is 3. The third-order valence-corrected chi connectivity index (χ3v) is 3.45. The molecular formula is C13H15FN2O3. The van der Waals surface area contributed by atoms with Crippen molar-refractivity contribution in [3.8, 4) is 0 Å². The molecule has 1 aliphatic carbocycles. The van der Waals surface area contributed by atoms with Gasteiger partial charge in [-0.3, -0.25) is 14.6 Å². The molecule has 0 aliphatic heterocycles. The van der Waals surface area contributed by atoms with Gasteiger partial charge in [-0.05, 0) is 18.9 Å². The van der Waals surface area contributed by atoms with Gasteiger partial charge in [0.1, 0.15) is 0 Å². The Morgan fingerprint density at radius 2 is 2.00 bits per heavy atom. The summed E-state index contributed by atoms with van der Waals surface area (Å²) >= 11 is 0. The summed E-state index contributed by atoms with van der Waals surface area (Å²) in [4.78, 5) is 26.8. The summed E-state index contributed by atoms with van der Waals surface area (Å²) in [7, 11) is 0. The van der Waals surface area contributed by atoms with Crippen molar-refractivity contribution in [2.45, 2.75) is 25.7 Å². The molecule has 0 spiro atoms. The van der Waals surface area contributed by atoms with Crippen LogP contribution in [0.5, 0.6) is 0 Å². The first-order valence-corrected chi connectivity index (χ1v) is 6.23. The molecule has 6 heteroatoms. The molecule has 0 aromatic carbocycles. The summed E-state index contributed by atoms with van der Waals surface area (Å²) in [6.45, 7) is 0. The molecule has 0 unspecified atom stereocenters. The molecule has 2 atom stereocenters. The van der Waals surface area contributed by atoms with Crippen LogP contribution in [0.2, 0.25) is 0 Å². The fourth-order valence-electron chi connectivity index (χ4n) is 2.44. The minimum atomic E-state index is -0.963. The lowest BCUT2D eigenvalue weighted by atomic mass is 9.78. The molecular weight excluding hydrogens is 251 g/mol. The lowest BCUT2D eigenvalue weighted by Gasteiger charge is -2.27. The number of carboxylic acids is 1. The summed E-state index contributed by atoms with van der Waals surface area (Å²) in [5.41, 5.74) is 0.0368. The van der Waals surface area contributed by atoms with Gasteiger partial charge in [-0.25, -0.2) is 4.39 Å². The highest BCUT2D eigenvalue weighted by molar-refractivity contribution is 5.95. The Hall–Kier alpha value is -1.98. The predicted molar refractivity (Wildman–Crippen MR) is 65.9 cm³/mol. The molecule has 1 amide bonds. The normalized spacial score (nSPS) is 22.8. The van der Waals surface area contributed by atoms with E-state index in [2.05, 4.69) is 10.3 Å². The Labute approximate surface area is 109 Å². The zero-order chi connectivity index (χ0) is 13.8. The number of halogens is 1. The van der Waals surface area contributed by atoms with Crippen molar-refractivity contribution in [1.29, 1.82) is 0 Å². The SMILES string of the molecule is O=C(O)[C@H]1CCCC[C@H]1C(=O)Nc1ccncc1F. The van der Waals surface area contributed by atoms with Crippen molar-refractivity contribution < 1.29 is 19.1 Å². The fraction of sp³-hybridized carbons (Fsp3) is 0.462. The molecule has 0 bridgehead atoms. The Balaban J connectivity index is 2.10. The molecule has 1 aromatic heterocycles. The van der Waals surface area contributed by atoms with Crippen LogP contribution in [-0.4, -0.2) is 22.0 Å². The molecule has 1 saturated carbocycles. The highest BCUT2D eigenvalue weighted by Crippen LogP contribution is 2.31. The average Bonchev–Trinajstić information content (AvgIpc) is 2.41. The van der Waals surface area contributed by atoms with E-state index in [1.165, 1.54) is 12.3 Å². The monoisotopic (exact) mass is 266 g/mol. The van der Waals surface area contributed by atoms with E-state index in [-0.39, 0.29) is 5.69 Å². The molecule has 1 aliphatic rings. The van der Waals surface area contributed by atoms with Crippen molar-refractivity contribution in [3.63, 3.8) is 0 Å². The number of aliphatic carboxylic acids is 1. The smallest absolute Gasteiger partial charge is 0.307 e. The molecule has 1 heterocycles. The first-order valence-electron chi connectivity index (χ1n) is 6.23. The number of carboxylic acid groups (broad SMARTS) is 1. The van der Waals surface area contributed by atoms with E-state index in [4.69, 9.17) is 5.11 Å². The van der Waals surface area contributed by atoms with Crippen LogP contribution >= 0.6 is 0 Å². The van der Waals surface area contributed by atoms with Crippen LogP contribution in [-0.2, 0) is 9.59 Å². The summed E-state index contributed by atoms with van der Waals surface area (Å²) in [6.07, 6.45) is 5.02. The van der Waals surface area contributed by atoms with Crippen molar-refractivity contribution in [2.75, 3.05) is 5.32 Å². The van der Waals surface area contributed by atoms with Gasteiger partial charge < -0.3 is 10.4 Å². The van der Waals surface area contributed by atoms with Gasteiger partial charge in [-0.2, -0.15) is 0 Å². The number of nitrogens with one attached hydrogen (secondary N) is 1. The number of nitrogens with zero attached hydrogens (tertiary/aromatic N) is 1. The van der Waals surface area contributed by atoms with Crippen LogP contribution in [0.1, 0.15) is 25.7 Å². The predicted octanol–water partition coefficient (Wildman–Crippen LogP) is 2.05. The zero-order valence-corrected chi connectivity index (χ0v) is 10.3. The number of aromatic nitrogens is 1. The Bertz CT molecular complexity index is 493. The van der Waals surface area contributed by atoms with E-state index in [1.54, 1.807) is 0 Å². The summed E-state index contributed by atoms with van der Waals surface area (Å²) in [6, 6.07) is 1.35. The summed E-state index contributed by atoms with van der Waals surface area (Å²) in [5.74, 6) is -3.30. The third-order valence-electron chi connectivity index (χ3n) is 3.45. The molecule has 102 valence electrons. The first-order chi connectivity index (χ1) is 9.09. The number of anilines is 1. The van der Waals surface area contributed by atoms with Crippen LogP contribution in [0, 0.1) is 17.7 Å². The Kier molecular flexibility index (Phi) is 4.09. The van der Waals surface area contributed by atoms with Gasteiger partial charge in [0.15, 0.2) is 5.82 Å². The van der Waals surface area contributed by atoms with Crippen LogP contribution in [0.3, 0.4) is 0 Å². The standard InChI is InChI=1S/C13H15FN2O3/c14-10-7-15-6-5-11(10)16-12(17)8-3-1-2-4-9(8)13(18)19/h5-9H,1-4H2,(H,18,19)(H,15,16,17)/t8-,9+/m1/s1. The summed E-state index contributed by atoms with van der Waals surface area (Å²) < 4.78 is 13.4. The number of carbonyl (C=O) groups excluding carboxylic acids is 1. The molecule has 1 aromatic rings. The minimum Gasteiger partial charge on any atom is -0.481 e. The topological polar surface area (TPSA) is 79.3 Å². The number of carbonyl (C=O) groups is 2. The molecule has 5 nitrogen and oxygen atoms in total. The maximum absolute atomic E-state index is 13.4. The largest absolute Gasteiger partial charge is 0.481 e. The second kappa shape index (κ2) is 5.77. The number of hydrogen-bond acceptors (Lipinski definition) is 3. The van der Waals surface area contributed by atoms with Gasteiger partial charge in [-0.15, -0.1) is 0 Å². The van der Waals surface area contributed by atoms with Crippen LogP contribution in [0.25, 0.3) is 0 Å². The van der Waals surface area contributed by atoms with Crippen LogP contribution in [0.4, 0.5) is 10.1 Å².